The Kier molecular flexibility index (Phi) is 6.63. The molecule has 2 aromatic carbocycles. The molecule has 2 N–H and O–H groups in total. The summed E-state index contributed by atoms with van der Waals surface area (Å²) in [6.45, 7) is 1.93. The Morgan fingerprint density at radius 3 is 2.46 bits per heavy atom. The average Bonchev–Trinajstić information content (AvgIpc) is 2.52. The molecule has 0 unspecified atom stereocenters. The van der Waals surface area contributed by atoms with Gasteiger partial charge in [0, 0.05) is 5.69 Å². The van der Waals surface area contributed by atoms with Crippen molar-refractivity contribution in [1.82, 2.24) is 0 Å². The number of thioether (sulfide) groups is 1. The number of aryl methyl sites for hydroxylation is 1. The van der Waals surface area contributed by atoms with Gasteiger partial charge in [0.2, 0.25) is 11.8 Å². The van der Waals surface area contributed by atoms with Gasteiger partial charge in [0.25, 0.3) is 0 Å². The van der Waals surface area contributed by atoms with Crippen LogP contribution in [0.1, 0.15) is 5.56 Å². The predicted molar refractivity (Wildman–Crippen MR) is 97.2 cm³/mol. The summed E-state index contributed by atoms with van der Waals surface area (Å²) >= 11 is 6.79. The molecule has 0 bridgehead atoms. The maximum atomic E-state index is 13.7. The molecular weight excluding hydrogens is 351 g/mol. The highest BCUT2D eigenvalue weighted by Gasteiger charge is 2.10. The molecule has 0 atom stereocenters. The van der Waals surface area contributed by atoms with E-state index in [1.54, 1.807) is 12.1 Å². The zero-order chi connectivity index (χ0) is 17.5. The van der Waals surface area contributed by atoms with E-state index in [1.165, 1.54) is 12.1 Å². The highest BCUT2D eigenvalue weighted by molar-refractivity contribution is 8.00. The van der Waals surface area contributed by atoms with E-state index in [1.807, 2.05) is 25.1 Å². The minimum atomic E-state index is -0.672. The van der Waals surface area contributed by atoms with Crippen LogP contribution in [0.3, 0.4) is 0 Å². The minimum Gasteiger partial charge on any atom is -0.325 e. The molecule has 7 heteroatoms. The van der Waals surface area contributed by atoms with Gasteiger partial charge >= 0.3 is 0 Å². The van der Waals surface area contributed by atoms with Crippen molar-refractivity contribution in [3.63, 3.8) is 0 Å². The number of carbonyl (C=O) groups is 2. The smallest absolute Gasteiger partial charge is 0.234 e. The number of hydrogen-bond acceptors (Lipinski definition) is 3. The van der Waals surface area contributed by atoms with Crippen molar-refractivity contribution in [3.05, 3.63) is 58.9 Å². The normalized spacial score (nSPS) is 10.3. The summed E-state index contributed by atoms with van der Waals surface area (Å²) in [5, 5.41) is 5.13. The molecule has 0 aromatic heterocycles. The Labute approximate surface area is 148 Å². The van der Waals surface area contributed by atoms with Crippen LogP contribution in [-0.2, 0) is 9.59 Å². The molecule has 126 valence electrons. The van der Waals surface area contributed by atoms with Crippen molar-refractivity contribution < 1.29 is 14.0 Å². The van der Waals surface area contributed by atoms with Gasteiger partial charge < -0.3 is 10.6 Å². The van der Waals surface area contributed by atoms with Gasteiger partial charge in [0.05, 0.1) is 22.2 Å². The fourth-order valence-corrected chi connectivity index (χ4v) is 2.73. The first-order valence-electron chi connectivity index (χ1n) is 7.14. The molecule has 0 radical (unpaired) electrons. The summed E-state index contributed by atoms with van der Waals surface area (Å²) in [6.07, 6.45) is 0. The number of amides is 2. The Hall–Kier alpha value is -2.05. The van der Waals surface area contributed by atoms with E-state index in [4.69, 9.17) is 11.6 Å². The first-order valence-corrected chi connectivity index (χ1v) is 8.67. The van der Waals surface area contributed by atoms with Crippen molar-refractivity contribution in [3.8, 4) is 0 Å². The highest BCUT2D eigenvalue weighted by Crippen LogP contribution is 2.22. The van der Waals surface area contributed by atoms with Crippen LogP contribution in [0.15, 0.2) is 42.5 Å². The Balaban J connectivity index is 1.76. The maximum absolute atomic E-state index is 13.7. The third-order valence-electron chi connectivity index (χ3n) is 2.99. The lowest BCUT2D eigenvalue weighted by molar-refractivity contribution is -0.114. The Morgan fingerprint density at radius 1 is 1.08 bits per heavy atom. The predicted octanol–water partition coefficient (Wildman–Crippen LogP) is 4.10. The molecule has 2 aromatic rings. The molecule has 0 aliphatic carbocycles. The van der Waals surface area contributed by atoms with Crippen LogP contribution >= 0.6 is 23.4 Å². The summed E-state index contributed by atoms with van der Waals surface area (Å²) < 4.78 is 13.7. The number of rotatable bonds is 6. The summed E-state index contributed by atoms with van der Waals surface area (Å²) in [7, 11) is 0. The Bertz CT molecular complexity index is 755. The molecular formula is C17H16ClFN2O2S. The average molecular weight is 367 g/mol. The summed E-state index contributed by atoms with van der Waals surface area (Å²) in [4.78, 5) is 23.6. The molecule has 2 rings (SSSR count). The van der Waals surface area contributed by atoms with Crippen LogP contribution in [0, 0.1) is 12.7 Å². The van der Waals surface area contributed by atoms with E-state index < -0.39 is 11.7 Å². The quantitative estimate of drug-likeness (QED) is 0.809. The maximum Gasteiger partial charge on any atom is 0.234 e. The second-order valence-corrected chi connectivity index (χ2v) is 6.45. The standard InChI is InChI=1S/C17H16ClFN2O2S/c1-11-4-2-5-12(8-11)20-15(22)9-24-10-16(23)21-14-7-3-6-13(18)17(14)19/h2-8H,9-10H2,1H3,(H,20,22)(H,21,23). The van der Waals surface area contributed by atoms with E-state index in [0.29, 0.717) is 5.69 Å². The first kappa shape index (κ1) is 18.3. The van der Waals surface area contributed by atoms with Gasteiger partial charge in [-0.25, -0.2) is 4.39 Å². The number of hydrogen-bond donors (Lipinski definition) is 2. The Morgan fingerprint density at radius 2 is 1.75 bits per heavy atom. The molecule has 0 aliphatic rings. The van der Waals surface area contributed by atoms with Crippen molar-refractivity contribution in [1.29, 1.82) is 0 Å². The van der Waals surface area contributed by atoms with E-state index >= 15 is 0 Å². The molecule has 4 nitrogen and oxygen atoms in total. The third-order valence-corrected chi connectivity index (χ3v) is 4.22. The van der Waals surface area contributed by atoms with E-state index in [2.05, 4.69) is 10.6 Å². The number of anilines is 2. The lowest BCUT2D eigenvalue weighted by Gasteiger charge is -2.08. The van der Waals surface area contributed by atoms with E-state index in [-0.39, 0.29) is 28.1 Å². The van der Waals surface area contributed by atoms with E-state index in [9.17, 15) is 14.0 Å². The van der Waals surface area contributed by atoms with Gasteiger partial charge in [-0.3, -0.25) is 9.59 Å². The highest BCUT2D eigenvalue weighted by atomic mass is 35.5. The van der Waals surface area contributed by atoms with Gasteiger partial charge in [0.15, 0.2) is 5.82 Å². The van der Waals surface area contributed by atoms with Gasteiger partial charge in [0.1, 0.15) is 0 Å². The summed E-state index contributed by atoms with van der Waals surface area (Å²) in [5.41, 5.74) is 1.78. The van der Waals surface area contributed by atoms with Crippen LogP contribution in [0.5, 0.6) is 0 Å². The molecule has 0 fully saturated rings. The molecule has 24 heavy (non-hydrogen) atoms. The largest absolute Gasteiger partial charge is 0.325 e. The van der Waals surface area contributed by atoms with Crippen LogP contribution in [-0.4, -0.2) is 23.3 Å². The van der Waals surface area contributed by atoms with Crippen LogP contribution in [0.2, 0.25) is 5.02 Å². The number of halogens is 2. The van der Waals surface area contributed by atoms with Gasteiger partial charge in [-0.05, 0) is 36.8 Å². The van der Waals surface area contributed by atoms with Crippen molar-refractivity contribution in [2.24, 2.45) is 0 Å². The molecule has 0 heterocycles. The number of nitrogens with one attached hydrogen (secondary N) is 2. The third kappa shape index (κ3) is 5.54. The fraction of sp³-hybridized carbons (Fsp3) is 0.176. The monoisotopic (exact) mass is 366 g/mol. The first-order chi connectivity index (χ1) is 11.5. The zero-order valence-corrected chi connectivity index (χ0v) is 14.5. The number of benzene rings is 2. The number of carbonyl (C=O) groups excluding carboxylic acids is 2. The second-order valence-electron chi connectivity index (χ2n) is 5.06. The lowest BCUT2D eigenvalue weighted by atomic mass is 10.2. The molecule has 2 amide bonds. The van der Waals surface area contributed by atoms with Crippen molar-refractivity contribution in [2.45, 2.75) is 6.92 Å². The molecule has 0 spiro atoms. The zero-order valence-electron chi connectivity index (χ0n) is 12.9. The van der Waals surface area contributed by atoms with E-state index in [0.717, 1.165) is 17.3 Å². The molecule has 0 saturated carbocycles. The second kappa shape index (κ2) is 8.70. The van der Waals surface area contributed by atoms with Crippen LogP contribution in [0.4, 0.5) is 15.8 Å². The summed E-state index contributed by atoms with van der Waals surface area (Å²) in [5.74, 6) is -1.11. The fourth-order valence-electron chi connectivity index (χ4n) is 1.94. The van der Waals surface area contributed by atoms with Gasteiger partial charge in [-0.1, -0.05) is 29.8 Å². The van der Waals surface area contributed by atoms with Crippen molar-refractivity contribution >= 4 is 46.6 Å². The topological polar surface area (TPSA) is 58.2 Å². The molecule has 0 saturated heterocycles. The minimum absolute atomic E-state index is 0.0253. The van der Waals surface area contributed by atoms with Crippen LogP contribution < -0.4 is 10.6 Å². The van der Waals surface area contributed by atoms with Gasteiger partial charge in [-0.2, -0.15) is 0 Å². The van der Waals surface area contributed by atoms with Crippen molar-refractivity contribution in [2.75, 3.05) is 22.1 Å². The molecule has 0 aliphatic heterocycles. The lowest BCUT2D eigenvalue weighted by Crippen LogP contribution is -2.19. The van der Waals surface area contributed by atoms with Crippen LogP contribution in [0.25, 0.3) is 0 Å². The van der Waals surface area contributed by atoms with Gasteiger partial charge in [-0.15, -0.1) is 11.8 Å². The summed E-state index contributed by atoms with van der Waals surface area (Å²) in [6, 6.07) is 11.8. The SMILES string of the molecule is Cc1cccc(NC(=O)CSCC(=O)Nc2cccc(Cl)c2F)c1.